The summed E-state index contributed by atoms with van der Waals surface area (Å²) < 4.78 is 11.8. The van der Waals surface area contributed by atoms with Crippen LogP contribution in [0.25, 0.3) is 10.8 Å². The van der Waals surface area contributed by atoms with Crippen LogP contribution in [0, 0.1) is 11.8 Å². The smallest absolute Gasteiger partial charge is 0.408 e. The van der Waals surface area contributed by atoms with Gasteiger partial charge in [0.2, 0.25) is 11.8 Å². The predicted molar refractivity (Wildman–Crippen MR) is 165 cm³/mol. The average Bonchev–Trinajstić information content (AvgIpc) is 3.55. The zero-order valence-electron chi connectivity index (χ0n) is 25.7. The van der Waals surface area contributed by atoms with E-state index in [1.165, 1.54) is 11.0 Å². The van der Waals surface area contributed by atoms with Gasteiger partial charge < -0.3 is 30.1 Å². The van der Waals surface area contributed by atoms with Crippen molar-refractivity contribution in [1.29, 1.82) is 0 Å². The molecule has 10 heteroatoms. The zero-order valence-corrected chi connectivity index (χ0v) is 25.7. The Balaban J connectivity index is 1.41. The van der Waals surface area contributed by atoms with Gasteiger partial charge in [0.05, 0.1) is 6.54 Å². The molecule has 1 saturated heterocycles. The lowest BCUT2D eigenvalue weighted by atomic mass is 9.83. The molecule has 0 aromatic heterocycles. The number of rotatable bonds is 9. The Kier molecular flexibility index (Phi) is 8.90. The molecule has 5 atom stereocenters. The Morgan fingerprint density at radius 2 is 1.77 bits per heavy atom. The first kappa shape index (κ1) is 31.3. The lowest BCUT2D eigenvalue weighted by Gasteiger charge is -2.35. The lowest BCUT2D eigenvalue weighted by molar-refractivity contribution is -0.146. The van der Waals surface area contributed by atoms with Crippen molar-refractivity contribution in [2.75, 3.05) is 6.54 Å². The van der Waals surface area contributed by atoms with Crippen LogP contribution >= 0.6 is 0 Å². The van der Waals surface area contributed by atoms with Gasteiger partial charge in [0.1, 0.15) is 35.1 Å². The molecule has 0 radical (unpaired) electrons. The number of carbonyl (C=O) groups is 4. The minimum Gasteiger partial charge on any atom is -0.488 e. The van der Waals surface area contributed by atoms with E-state index in [1.807, 2.05) is 42.5 Å². The lowest BCUT2D eigenvalue weighted by Crippen LogP contribution is -2.58. The molecule has 2 aliphatic carbocycles. The molecule has 1 heterocycles. The topological polar surface area (TPSA) is 134 Å². The maximum atomic E-state index is 14.4. The second-order valence-corrected chi connectivity index (χ2v) is 13.3. The summed E-state index contributed by atoms with van der Waals surface area (Å²) in [5.74, 6) is -2.01. The SMILES string of the molecule is C=C[C@H]1C[C@]1(NC(=O)[C@@H]1C[C@@H](Oc2ccc3ccccc3c2)CN1C(=O)[C@@H](NC(=O)OC(C)(C)C)C1CCCCC1)C(=O)O. The zero-order chi connectivity index (χ0) is 31.6. The molecule has 3 aliphatic rings. The van der Waals surface area contributed by atoms with Gasteiger partial charge in [-0.3, -0.25) is 9.59 Å². The summed E-state index contributed by atoms with van der Waals surface area (Å²) in [6.45, 7) is 9.08. The van der Waals surface area contributed by atoms with E-state index in [-0.39, 0.29) is 25.3 Å². The molecule has 3 N–H and O–H groups in total. The number of fused-ring (bicyclic) bond motifs is 1. The molecule has 2 aromatic carbocycles. The van der Waals surface area contributed by atoms with Crippen LogP contribution in [0.2, 0.25) is 0 Å². The third-order valence-corrected chi connectivity index (χ3v) is 8.96. The number of hydrogen-bond acceptors (Lipinski definition) is 6. The van der Waals surface area contributed by atoms with Gasteiger partial charge in [-0.1, -0.05) is 55.7 Å². The van der Waals surface area contributed by atoms with Crippen LogP contribution in [0.15, 0.2) is 55.1 Å². The maximum absolute atomic E-state index is 14.4. The Hall–Kier alpha value is -4.08. The van der Waals surface area contributed by atoms with Crippen molar-refractivity contribution < 1.29 is 33.8 Å². The molecule has 44 heavy (non-hydrogen) atoms. The van der Waals surface area contributed by atoms with Crippen molar-refractivity contribution in [2.45, 2.75) is 95.0 Å². The first-order valence-electron chi connectivity index (χ1n) is 15.5. The molecule has 236 valence electrons. The van der Waals surface area contributed by atoms with Crippen LogP contribution in [-0.4, -0.2) is 69.8 Å². The molecule has 3 amide bonds. The van der Waals surface area contributed by atoms with Gasteiger partial charge in [0.15, 0.2) is 0 Å². The second-order valence-electron chi connectivity index (χ2n) is 13.3. The van der Waals surface area contributed by atoms with E-state index in [9.17, 15) is 24.3 Å². The van der Waals surface area contributed by atoms with E-state index in [1.54, 1.807) is 20.8 Å². The van der Waals surface area contributed by atoms with Gasteiger partial charge in [-0.25, -0.2) is 9.59 Å². The van der Waals surface area contributed by atoms with E-state index >= 15 is 0 Å². The van der Waals surface area contributed by atoms with E-state index in [0.29, 0.717) is 5.75 Å². The van der Waals surface area contributed by atoms with Crippen LogP contribution in [0.1, 0.15) is 65.7 Å². The highest BCUT2D eigenvalue weighted by Gasteiger charge is 2.61. The average molecular weight is 606 g/mol. The van der Waals surface area contributed by atoms with Gasteiger partial charge in [-0.15, -0.1) is 6.58 Å². The van der Waals surface area contributed by atoms with E-state index in [0.717, 1.165) is 42.9 Å². The quantitative estimate of drug-likeness (QED) is 0.350. The number of ether oxygens (including phenoxy) is 2. The van der Waals surface area contributed by atoms with Crippen LogP contribution < -0.4 is 15.4 Å². The summed E-state index contributed by atoms with van der Waals surface area (Å²) in [5, 5.41) is 17.5. The van der Waals surface area contributed by atoms with Crippen molar-refractivity contribution in [3.05, 3.63) is 55.1 Å². The summed E-state index contributed by atoms with van der Waals surface area (Å²) in [6, 6.07) is 11.7. The standard InChI is InChI=1S/C34H43N3O7/c1-5-24-19-34(24,31(40)41)36-29(38)27-18-26(43-25-16-15-21-11-9-10-14-23(21)17-25)20-37(27)30(39)28(22-12-7-6-8-13-22)35-32(42)44-33(2,3)4/h5,9-11,14-17,22,24,26-28H,1,6-8,12-13,18-20H2,2-4H3,(H,35,42)(H,36,38)(H,40,41)/t24-,26+,27-,28-,34+/m0/s1. The minimum atomic E-state index is -1.44. The van der Waals surface area contributed by atoms with Crippen molar-refractivity contribution >= 4 is 34.6 Å². The fourth-order valence-corrected chi connectivity index (χ4v) is 6.59. The first-order chi connectivity index (χ1) is 20.9. The second kappa shape index (κ2) is 12.5. The van der Waals surface area contributed by atoms with Gasteiger partial charge in [-0.2, -0.15) is 0 Å². The molecule has 0 bridgehead atoms. The largest absolute Gasteiger partial charge is 0.488 e. The van der Waals surface area contributed by atoms with Crippen molar-refractivity contribution in [3.8, 4) is 5.75 Å². The number of nitrogens with zero attached hydrogens (tertiary/aromatic N) is 1. The van der Waals surface area contributed by atoms with Gasteiger partial charge in [0, 0.05) is 12.3 Å². The van der Waals surface area contributed by atoms with Crippen molar-refractivity contribution in [2.24, 2.45) is 11.8 Å². The maximum Gasteiger partial charge on any atom is 0.408 e. The van der Waals surface area contributed by atoms with Crippen molar-refractivity contribution in [3.63, 3.8) is 0 Å². The van der Waals surface area contributed by atoms with Crippen LogP contribution in [0.5, 0.6) is 5.75 Å². The monoisotopic (exact) mass is 605 g/mol. The molecule has 3 fully saturated rings. The fourth-order valence-electron chi connectivity index (χ4n) is 6.59. The van der Waals surface area contributed by atoms with Crippen LogP contribution in [0.4, 0.5) is 4.79 Å². The number of amides is 3. The van der Waals surface area contributed by atoms with E-state index < -0.39 is 59.1 Å². The number of benzene rings is 2. The highest BCUT2D eigenvalue weighted by Crippen LogP contribution is 2.45. The number of alkyl carbamates (subject to hydrolysis) is 1. The summed E-state index contributed by atoms with van der Waals surface area (Å²) in [7, 11) is 0. The minimum absolute atomic E-state index is 0.105. The Bertz CT molecular complexity index is 1430. The molecule has 0 unspecified atom stereocenters. The Morgan fingerprint density at radius 1 is 1.07 bits per heavy atom. The summed E-state index contributed by atoms with van der Waals surface area (Å²) in [6.07, 6.45) is 5.17. The number of carbonyl (C=O) groups excluding carboxylic acids is 3. The van der Waals surface area contributed by atoms with Gasteiger partial charge in [0.25, 0.3) is 0 Å². The molecule has 2 saturated carbocycles. The molecule has 1 aliphatic heterocycles. The number of carboxylic acid groups (broad SMARTS) is 1. The molecule has 5 rings (SSSR count). The Morgan fingerprint density at radius 3 is 2.41 bits per heavy atom. The van der Waals surface area contributed by atoms with Gasteiger partial charge >= 0.3 is 12.1 Å². The number of likely N-dealkylation sites (tertiary alicyclic amines) is 1. The summed E-state index contributed by atoms with van der Waals surface area (Å²) >= 11 is 0. The number of carboxylic acids is 1. The van der Waals surface area contributed by atoms with E-state index in [4.69, 9.17) is 9.47 Å². The molecular weight excluding hydrogens is 562 g/mol. The number of nitrogens with one attached hydrogen (secondary N) is 2. The van der Waals surface area contributed by atoms with Crippen LogP contribution in [-0.2, 0) is 19.1 Å². The summed E-state index contributed by atoms with van der Waals surface area (Å²) in [4.78, 5) is 54.7. The molecule has 2 aromatic rings. The molecular formula is C34H43N3O7. The summed E-state index contributed by atoms with van der Waals surface area (Å²) in [5.41, 5.74) is -2.20. The fraction of sp³-hybridized carbons (Fsp3) is 0.529. The van der Waals surface area contributed by atoms with Crippen molar-refractivity contribution in [1.82, 2.24) is 15.5 Å². The van der Waals surface area contributed by atoms with Crippen LogP contribution in [0.3, 0.4) is 0 Å². The molecule has 10 nitrogen and oxygen atoms in total. The first-order valence-corrected chi connectivity index (χ1v) is 15.5. The normalized spacial score (nSPS) is 26.0. The Labute approximate surface area is 258 Å². The van der Waals surface area contributed by atoms with Gasteiger partial charge in [-0.05, 0) is 68.9 Å². The predicted octanol–water partition coefficient (Wildman–Crippen LogP) is 4.81. The third kappa shape index (κ3) is 6.84. The third-order valence-electron chi connectivity index (χ3n) is 8.96. The highest BCUT2D eigenvalue weighted by atomic mass is 16.6. The van der Waals surface area contributed by atoms with E-state index in [2.05, 4.69) is 17.2 Å². The number of hydrogen-bond donors (Lipinski definition) is 3. The number of aliphatic carboxylic acids is 1. The molecule has 0 spiro atoms. The highest BCUT2D eigenvalue weighted by molar-refractivity contribution is 5.96.